The SMILES string of the molecule is O=C(NC1CCNCC1)C1(c2cccc(Cl)c2)CC1. The molecule has 0 aromatic heterocycles. The van der Waals surface area contributed by atoms with Crippen LogP contribution in [0.25, 0.3) is 0 Å². The van der Waals surface area contributed by atoms with E-state index in [2.05, 4.69) is 10.6 Å². The van der Waals surface area contributed by atoms with Crippen LogP contribution < -0.4 is 10.6 Å². The molecule has 0 unspecified atom stereocenters. The van der Waals surface area contributed by atoms with Gasteiger partial charge in [-0.25, -0.2) is 0 Å². The van der Waals surface area contributed by atoms with Gasteiger partial charge in [-0.3, -0.25) is 4.79 Å². The second-order valence-corrected chi connectivity index (χ2v) is 6.03. The highest BCUT2D eigenvalue weighted by Crippen LogP contribution is 2.49. The third-order valence-electron chi connectivity index (χ3n) is 4.24. The summed E-state index contributed by atoms with van der Waals surface area (Å²) in [5.74, 6) is 0.182. The zero-order valence-electron chi connectivity index (χ0n) is 10.9. The summed E-state index contributed by atoms with van der Waals surface area (Å²) in [6.07, 6.45) is 3.92. The van der Waals surface area contributed by atoms with E-state index < -0.39 is 0 Å². The number of amides is 1. The number of piperidine rings is 1. The smallest absolute Gasteiger partial charge is 0.230 e. The summed E-state index contributed by atoms with van der Waals surface area (Å²) >= 11 is 6.04. The lowest BCUT2D eigenvalue weighted by atomic mass is 9.94. The molecule has 0 atom stereocenters. The molecular weight excluding hydrogens is 260 g/mol. The summed E-state index contributed by atoms with van der Waals surface area (Å²) in [7, 11) is 0. The van der Waals surface area contributed by atoms with Crippen LogP contribution in [-0.4, -0.2) is 25.0 Å². The Hall–Kier alpha value is -1.06. The molecule has 1 aliphatic carbocycles. The molecule has 1 amide bonds. The molecular formula is C15H19ClN2O. The van der Waals surface area contributed by atoms with Crippen LogP contribution in [-0.2, 0) is 10.2 Å². The van der Waals surface area contributed by atoms with Gasteiger partial charge in [0.2, 0.25) is 5.91 Å². The van der Waals surface area contributed by atoms with Crippen LogP contribution in [0.15, 0.2) is 24.3 Å². The Kier molecular flexibility index (Phi) is 3.50. The molecule has 0 bridgehead atoms. The number of carbonyl (C=O) groups is 1. The molecule has 0 spiro atoms. The van der Waals surface area contributed by atoms with Gasteiger partial charge in [-0.15, -0.1) is 0 Å². The van der Waals surface area contributed by atoms with Crippen LogP contribution in [0.5, 0.6) is 0 Å². The maximum atomic E-state index is 12.5. The van der Waals surface area contributed by atoms with Crippen LogP contribution in [0.3, 0.4) is 0 Å². The van der Waals surface area contributed by atoms with Gasteiger partial charge in [-0.1, -0.05) is 23.7 Å². The second-order valence-electron chi connectivity index (χ2n) is 5.59. The van der Waals surface area contributed by atoms with Crippen molar-refractivity contribution in [2.75, 3.05) is 13.1 Å². The third kappa shape index (κ3) is 2.63. The maximum Gasteiger partial charge on any atom is 0.230 e. The average molecular weight is 279 g/mol. The minimum Gasteiger partial charge on any atom is -0.353 e. The van der Waals surface area contributed by atoms with Crippen molar-refractivity contribution >= 4 is 17.5 Å². The molecule has 102 valence electrons. The number of benzene rings is 1. The number of nitrogens with one attached hydrogen (secondary N) is 2. The predicted molar refractivity (Wildman–Crippen MR) is 76.4 cm³/mol. The third-order valence-corrected chi connectivity index (χ3v) is 4.47. The zero-order chi connectivity index (χ0) is 13.3. The van der Waals surface area contributed by atoms with E-state index in [1.807, 2.05) is 24.3 Å². The first-order chi connectivity index (χ1) is 9.21. The van der Waals surface area contributed by atoms with E-state index in [1.165, 1.54) is 0 Å². The lowest BCUT2D eigenvalue weighted by Gasteiger charge is -2.26. The minimum atomic E-state index is -0.310. The van der Waals surface area contributed by atoms with Crippen LogP contribution in [0.4, 0.5) is 0 Å². The van der Waals surface area contributed by atoms with Crippen molar-refractivity contribution in [3.63, 3.8) is 0 Å². The Morgan fingerprint density at radius 3 is 2.68 bits per heavy atom. The molecule has 1 aliphatic heterocycles. The fourth-order valence-corrected chi connectivity index (χ4v) is 3.04. The highest BCUT2D eigenvalue weighted by atomic mass is 35.5. The standard InChI is InChI=1S/C15H19ClN2O/c16-12-3-1-2-11(10-12)15(6-7-15)14(19)18-13-4-8-17-9-5-13/h1-3,10,13,17H,4-9H2,(H,18,19). The highest BCUT2D eigenvalue weighted by Gasteiger charge is 2.51. The van der Waals surface area contributed by atoms with Gasteiger partial charge in [0.1, 0.15) is 0 Å². The molecule has 1 saturated heterocycles. The number of rotatable bonds is 3. The molecule has 1 saturated carbocycles. The van der Waals surface area contributed by atoms with Crippen molar-refractivity contribution in [2.24, 2.45) is 0 Å². The Morgan fingerprint density at radius 2 is 2.05 bits per heavy atom. The topological polar surface area (TPSA) is 41.1 Å². The first-order valence-corrected chi connectivity index (χ1v) is 7.36. The Labute approximate surface area is 118 Å². The summed E-state index contributed by atoms with van der Waals surface area (Å²) in [6, 6.07) is 8.05. The van der Waals surface area contributed by atoms with Gasteiger partial charge in [-0.2, -0.15) is 0 Å². The number of halogens is 1. The molecule has 1 heterocycles. The number of hydrogen-bond donors (Lipinski definition) is 2. The van der Waals surface area contributed by atoms with E-state index in [-0.39, 0.29) is 11.3 Å². The summed E-state index contributed by atoms with van der Waals surface area (Å²) in [6.45, 7) is 1.99. The summed E-state index contributed by atoms with van der Waals surface area (Å²) in [5.41, 5.74) is 0.752. The molecule has 1 aromatic rings. The van der Waals surface area contributed by atoms with E-state index >= 15 is 0 Å². The Bertz CT molecular complexity index is 479. The van der Waals surface area contributed by atoms with Gasteiger partial charge in [-0.05, 0) is 56.5 Å². The van der Waals surface area contributed by atoms with Gasteiger partial charge in [0, 0.05) is 11.1 Å². The number of hydrogen-bond acceptors (Lipinski definition) is 2. The maximum absolute atomic E-state index is 12.5. The van der Waals surface area contributed by atoms with Crippen LogP contribution in [0.2, 0.25) is 5.02 Å². The van der Waals surface area contributed by atoms with Crippen molar-refractivity contribution < 1.29 is 4.79 Å². The van der Waals surface area contributed by atoms with Crippen molar-refractivity contribution in [1.29, 1.82) is 0 Å². The van der Waals surface area contributed by atoms with Crippen molar-refractivity contribution in [2.45, 2.75) is 37.1 Å². The molecule has 2 fully saturated rings. The van der Waals surface area contributed by atoms with Crippen LogP contribution >= 0.6 is 11.6 Å². The van der Waals surface area contributed by atoms with E-state index in [0.717, 1.165) is 44.3 Å². The van der Waals surface area contributed by atoms with Crippen molar-refractivity contribution in [3.05, 3.63) is 34.9 Å². The fourth-order valence-electron chi connectivity index (χ4n) is 2.85. The minimum absolute atomic E-state index is 0.182. The van der Waals surface area contributed by atoms with Gasteiger partial charge in [0.15, 0.2) is 0 Å². The van der Waals surface area contributed by atoms with Gasteiger partial charge in [0.05, 0.1) is 5.41 Å². The molecule has 19 heavy (non-hydrogen) atoms. The van der Waals surface area contributed by atoms with E-state index in [4.69, 9.17) is 11.6 Å². The highest BCUT2D eigenvalue weighted by molar-refractivity contribution is 6.30. The molecule has 2 N–H and O–H groups in total. The van der Waals surface area contributed by atoms with Crippen molar-refractivity contribution in [3.8, 4) is 0 Å². The number of carbonyl (C=O) groups excluding carboxylic acids is 1. The first kappa shape index (κ1) is 12.9. The molecule has 2 aliphatic rings. The molecule has 1 aromatic carbocycles. The van der Waals surface area contributed by atoms with Crippen molar-refractivity contribution in [1.82, 2.24) is 10.6 Å². The average Bonchev–Trinajstić information content (AvgIpc) is 3.21. The Balaban J connectivity index is 1.71. The molecule has 0 radical (unpaired) electrons. The van der Waals surface area contributed by atoms with E-state index in [1.54, 1.807) is 0 Å². The molecule has 4 heteroatoms. The lowest BCUT2D eigenvalue weighted by Crippen LogP contribution is -2.46. The van der Waals surface area contributed by atoms with E-state index in [0.29, 0.717) is 11.1 Å². The zero-order valence-corrected chi connectivity index (χ0v) is 11.7. The Morgan fingerprint density at radius 1 is 1.32 bits per heavy atom. The summed E-state index contributed by atoms with van der Waals surface area (Å²) in [4.78, 5) is 12.5. The van der Waals surface area contributed by atoms with E-state index in [9.17, 15) is 4.79 Å². The molecule has 3 nitrogen and oxygen atoms in total. The quantitative estimate of drug-likeness (QED) is 0.890. The summed E-state index contributed by atoms with van der Waals surface area (Å²) < 4.78 is 0. The van der Waals surface area contributed by atoms with Crippen LogP contribution in [0.1, 0.15) is 31.2 Å². The van der Waals surface area contributed by atoms with Gasteiger partial charge in [0.25, 0.3) is 0 Å². The largest absolute Gasteiger partial charge is 0.353 e. The second kappa shape index (κ2) is 5.14. The first-order valence-electron chi connectivity index (χ1n) is 6.98. The van der Waals surface area contributed by atoms with Gasteiger partial charge >= 0.3 is 0 Å². The van der Waals surface area contributed by atoms with Gasteiger partial charge < -0.3 is 10.6 Å². The fraction of sp³-hybridized carbons (Fsp3) is 0.533. The lowest BCUT2D eigenvalue weighted by molar-refractivity contribution is -0.124. The monoisotopic (exact) mass is 278 g/mol. The summed E-state index contributed by atoms with van der Waals surface area (Å²) in [5, 5.41) is 7.24. The normalized spacial score (nSPS) is 21.9. The molecule has 3 rings (SSSR count). The van der Waals surface area contributed by atoms with Crippen LogP contribution in [0, 0.1) is 0 Å². The predicted octanol–water partition coefficient (Wildman–Crippen LogP) is 2.24.